The van der Waals surface area contributed by atoms with Gasteiger partial charge < -0.3 is 19.5 Å². The normalized spacial score (nSPS) is 22.6. The quantitative estimate of drug-likeness (QED) is 0.779. The molecule has 1 unspecified atom stereocenters. The third-order valence-corrected chi connectivity index (χ3v) is 3.06. The van der Waals surface area contributed by atoms with E-state index in [1.807, 2.05) is 0 Å². The van der Waals surface area contributed by atoms with E-state index in [1.165, 1.54) is 0 Å². The first-order valence-electron chi connectivity index (χ1n) is 6.09. The maximum absolute atomic E-state index is 12.2. The van der Waals surface area contributed by atoms with E-state index in [-0.39, 0.29) is 11.8 Å². The van der Waals surface area contributed by atoms with E-state index in [1.54, 1.807) is 18.2 Å². The SMILES string of the molecule is O=C(c1ccc2c(c1)OCCO2)C1COCCN1. The second-order valence-corrected chi connectivity index (χ2v) is 4.30. The molecule has 1 aromatic rings. The van der Waals surface area contributed by atoms with Crippen molar-refractivity contribution in [2.45, 2.75) is 6.04 Å². The van der Waals surface area contributed by atoms with Crippen molar-refractivity contribution in [3.8, 4) is 11.5 Å². The van der Waals surface area contributed by atoms with Crippen LogP contribution < -0.4 is 14.8 Å². The minimum absolute atomic E-state index is 0.0340. The zero-order chi connectivity index (χ0) is 12.4. The maximum Gasteiger partial charge on any atom is 0.182 e. The summed E-state index contributed by atoms with van der Waals surface area (Å²) in [5, 5.41) is 3.15. The Kier molecular flexibility index (Phi) is 3.17. The van der Waals surface area contributed by atoms with Crippen LogP contribution >= 0.6 is 0 Å². The number of nitrogens with one attached hydrogen (secondary N) is 1. The van der Waals surface area contributed by atoms with Gasteiger partial charge in [0, 0.05) is 12.1 Å². The monoisotopic (exact) mass is 249 g/mol. The van der Waals surface area contributed by atoms with Gasteiger partial charge in [-0.25, -0.2) is 0 Å². The van der Waals surface area contributed by atoms with Crippen molar-refractivity contribution in [3.63, 3.8) is 0 Å². The van der Waals surface area contributed by atoms with Gasteiger partial charge in [-0.2, -0.15) is 0 Å². The molecule has 0 saturated carbocycles. The second-order valence-electron chi connectivity index (χ2n) is 4.30. The highest BCUT2D eigenvalue weighted by Gasteiger charge is 2.24. The number of ketones is 1. The number of Topliss-reactive ketones (excluding diaryl/α,β-unsaturated/α-hetero) is 1. The highest BCUT2D eigenvalue weighted by molar-refractivity contribution is 6.00. The average Bonchev–Trinajstić information content (AvgIpc) is 2.47. The highest BCUT2D eigenvalue weighted by atomic mass is 16.6. The maximum atomic E-state index is 12.2. The summed E-state index contributed by atoms with van der Waals surface area (Å²) in [6.45, 7) is 2.87. The molecule has 0 bridgehead atoms. The molecule has 2 aliphatic rings. The lowest BCUT2D eigenvalue weighted by atomic mass is 10.0. The molecule has 0 radical (unpaired) electrons. The average molecular weight is 249 g/mol. The highest BCUT2D eigenvalue weighted by Crippen LogP contribution is 2.31. The summed E-state index contributed by atoms with van der Waals surface area (Å²) in [7, 11) is 0. The van der Waals surface area contributed by atoms with E-state index in [0.29, 0.717) is 50.0 Å². The van der Waals surface area contributed by atoms with Gasteiger partial charge in [0.25, 0.3) is 0 Å². The van der Waals surface area contributed by atoms with Crippen LogP contribution in [0, 0.1) is 0 Å². The first-order chi connectivity index (χ1) is 8.84. The van der Waals surface area contributed by atoms with Crippen LogP contribution in [0.4, 0.5) is 0 Å². The summed E-state index contributed by atoms with van der Waals surface area (Å²) in [4.78, 5) is 12.2. The Labute approximate surface area is 105 Å². The molecule has 1 N–H and O–H groups in total. The van der Waals surface area contributed by atoms with Crippen LogP contribution in [-0.4, -0.2) is 44.8 Å². The zero-order valence-electron chi connectivity index (χ0n) is 9.98. The minimum Gasteiger partial charge on any atom is -0.486 e. The molecule has 5 heteroatoms. The number of morpholine rings is 1. The minimum atomic E-state index is -0.263. The fourth-order valence-corrected chi connectivity index (χ4v) is 2.13. The number of carbonyl (C=O) groups is 1. The van der Waals surface area contributed by atoms with Crippen LogP contribution in [0.5, 0.6) is 11.5 Å². The number of ether oxygens (including phenoxy) is 3. The summed E-state index contributed by atoms with van der Waals surface area (Å²) in [5.74, 6) is 1.38. The number of hydrogen-bond donors (Lipinski definition) is 1. The van der Waals surface area contributed by atoms with Crippen molar-refractivity contribution in [2.75, 3.05) is 33.0 Å². The van der Waals surface area contributed by atoms with E-state index in [0.717, 1.165) is 0 Å². The van der Waals surface area contributed by atoms with Crippen molar-refractivity contribution in [1.82, 2.24) is 5.32 Å². The van der Waals surface area contributed by atoms with Crippen LogP contribution in [0.15, 0.2) is 18.2 Å². The van der Waals surface area contributed by atoms with E-state index in [4.69, 9.17) is 14.2 Å². The molecule has 5 nitrogen and oxygen atoms in total. The predicted octanol–water partition coefficient (Wildman–Crippen LogP) is 0.629. The smallest absolute Gasteiger partial charge is 0.182 e. The van der Waals surface area contributed by atoms with Gasteiger partial charge in [-0.1, -0.05) is 0 Å². The summed E-state index contributed by atoms with van der Waals surface area (Å²) >= 11 is 0. The number of carbonyl (C=O) groups excluding carboxylic acids is 1. The Balaban J connectivity index is 1.80. The van der Waals surface area contributed by atoms with Crippen LogP contribution in [-0.2, 0) is 4.74 Å². The Morgan fingerprint density at radius 2 is 2.00 bits per heavy atom. The number of fused-ring (bicyclic) bond motifs is 1. The van der Waals surface area contributed by atoms with Crippen LogP contribution in [0.2, 0.25) is 0 Å². The van der Waals surface area contributed by atoms with Crippen molar-refractivity contribution in [3.05, 3.63) is 23.8 Å². The van der Waals surface area contributed by atoms with E-state index < -0.39 is 0 Å². The van der Waals surface area contributed by atoms with Gasteiger partial charge in [-0.15, -0.1) is 0 Å². The van der Waals surface area contributed by atoms with Gasteiger partial charge in [-0.05, 0) is 18.2 Å². The molecule has 0 amide bonds. The lowest BCUT2D eigenvalue weighted by Gasteiger charge is -2.23. The summed E-state index contributed by atoms with van der Waals surface area (Å²) in [5.41, 5.74) is 0.627. The van der Waals surface area contributed by atoms with Gasteiger partial charge in [0.1, 0.15) is 13.2 Å². The Bertz CT molecular complexity index is 454. The molecule has 0 spiro atoms. The lowest BCUT2D eigenvalue weighted by Crippen LogP contribution is -2.46. The van der Waals surface area contributed by atoms with E-state index >= 15 is 0 Å². The van der Waals surface area contributed by atoms with E-state index in [2.05, 4.69) is 5.32 Å². The molecule has 0 aliphatic carbocycles. The molecule has 1 atom stereocenters. The number of hydrogen-bond acceptors (Lipinski definition) is 5. The number of rotatable bonds is 2. The van der Waals surface area contributed by atoms with Gasteiger partial charge in [0.05, 0.1) is 19.3 Å². The summed E-state index contributed by atoms with van der Waals surface area (Å²) in [6, 6.07) is 5.03. The molecule has 1 saturated heterocycles. The van der Waals surface area contributed by atoms with Gasteiger partial charge in [0.2, 0.25) is 0 Å². The molecule has 18 heavy (non-hydrogen) atoms. The van der Waals surface area contributed by atoms with Crippen LogP contribution in [0.1, 0.15) is 10.4 Å². The molecule has 2 heterocycles. The van der Waals surface area contributed by atoms with Crippen molar-refractivity contribution in [1.29, 1.82) is 0 Å². The van der Waals surface area contributed by atoms with Crippen molar-refractivity contribution < 1.29 is 19.0 Å². The molecule has 1 aromatic carbocycles. The molecule has 3 rings (SSSR count). The Morgan fingerprint density at radius 1 is 1.17 bits per heavy atom. The van der Waals surface area contributed by atoms with Gasteiger partial charge >= 0.3 is 0 Å². The Hall–Kier alpha value is -1.59. The third-order valence-electron chi connectivity index (χ3n) is 3.06. The first kappa shape index (κ1) is 11.5. The second kappa shape index (κ2) is 4.96. The number of benzene rings is 1. The summed E-state index contributed by atoms with van der Waals surface area (Å²) in [6.07, 6.45) is 0. The molecule has 1 fully saturated rings. The standard InChI is InChI=1S/C13H15NO4/c15-13(10-8-16-4-3-14-10)9-1-2-11-12(7-9)18-6-5-17-11/h1-2,7,10,14H,3-6,8H2. The zero-order valence-corrected chi connectivity index (χ0v) is 9.98. The van der Waals surface area contributed by atoms with Crippen molar-refractivity contribution in [2.24, 2.45) is 0 Å². The Morgan fingerprint density at radius 3 is 2.78 bits per heavy atom. The fraction of sp³-hybridized carbons (Fsp3) is 0.462. The summed E-state index contributed by atoms with van der Waals surface area (Å²) < 4.78 is 16.2. The van der Waals surface area contributed by atoms with Crippen LogP contribution in [0.3, 0.4) is 0 Å². The fourth-order valence-electron chi connectivity index (χ4n) is 2.13. The molecular weight excluding hydrogens is 234 g/mol. The van der Waals surface area contributed by atoms with Crippen LogP contribution in [0.25, 0.3) is 0 Å². The molecular formula is C13H15NO4. The predicted molar refractivity (Wildman–Crippen MR) is 64.4 cm³/mol. The third kappa shape index (κ3) is 2.19. The van der Waals surface area contributed by atoms with E-state index in [9.17, 15) is 4.79 Å². The van der Waals surface area contributed by atoms with Gasteiger partial charge in [-0.3, -0.25) is 4.79 Å². The van der Waals surface area contributed by atoms with Crippen molar-refractivity contribution >= 4 is 5.78 Å². The molecule has 2 aliphatic heterocycles. The van der Waals surface area contributed by atoms with Gasteiger partial charge in [0.15, 0.2) is 17.3 Å². The lowest BCUT2D eigenvalue weighted by molar-refractivity contribution is 0.0607. The molecule has 96 valence electrons. The molecule has 0 aromatic heterocycles. The largest absolute Gasteiger partial charge is 0.486 e. The topological polar surface area (TPSA) is 56.8 Å². The first-order valence-corrected chi connectivity index (χ1v) is 6.09.